The zero-order chi connectivity index (χ0) is 15.0. The molecule has 0 saturated carbocycles. The summed E-state index contributed by atoms with van der Waals surface area (Å²) < 4.78 is 0. The number of hydrogen-bond donors (Lipinski definition) is 2. The Morgan fingerprint density at radius 3 is 2.05 bits per heavy atom. The van der Waals surface area contributed by atoms with E-state index in [1.54, 1.807) is 0 Å². The Morgan fingerprint density at radius 1 is 1.16 bits per heavy atom. The number of carbonyl (C=O) groups is 2. The predicted octanol–water partition coefficient (Wildman–Crippen LogP) is 1.86. The molecule has 2 unspecified atom stereocenters. The summed E-state index contributed by atoms with van der Waals surface area (Å²) in [5, 5.41) is 11.9. The zero-order valence-electron chi connectivity index (χ0n) is 12.8. The van der Waals surface area contributed by atoms with Gasteiger partial charge < -0.3 is 10.4 Å². The number of rotatable bonds is 9. The first-order chi connectivity index (χ1) is 8.87. The van der Waals surface area contributed by atoms with Gasteiger partial charge in [-0.3, -0.25) is 14.5 Å². The Morgan fingerprint density at radius 2 is 1.68 bits per heavy atom. The standard InChI is InChI=1S/C14H28N2O3/c1-6-12(7-2)15-14(19)11(5)16(8-3)10(4)9-13(17)18/h10-12H,6-9H2,1-5H3,(H,15,19)(H,17,18). The van der Waals surface area contributed by atoms with Crippen molar-refractivity contribution in [3.05, 3.63) is 0 Å². The van der Waals surface area contributed by atoms with Crippen molar-refractivity contribution in [2.75, 3.05) is 6.54 Å². The van der Waals surface area contributed by atoms with Crippen molar-refractivity contribution in [1.82, 2.24) is 10.2 Å². The number of amides is 1. The Balaban J connectivity index is 4.60. The van der Waals surface area contributed by atoms with Gasteiger partial charge in [0.1, 0.15) is 0 Å². The van der Waals surface area contributed by atoms with Gasteiger partial charge in [0.05, 0.1) is 12.5 Å². The van der Waals surface area contributed by atoms with E-state index in [1.165, 1.54) is 0 Å². The molecule has 2 N–H and O–H groups in total. The molecule has 112 valence electrons. The molecule has 0 aliphatic rings. The summed E-state index contributed by atoms with van der Waals surface area (Å²) in [7, 11) is 0. The largest absolute Gasteiger partial charge is 0.481 e. The minimum atomic E-state index is -0.835. The van der Waals surface area contributed by atoms with E-state index >= 15 is 0 Å². The monoisotopic (exact) mass is 272 g/mol. The zero-order valence-corrected chi connectivity index (χ0v) is 12.8. The Kier molecular flexibility index (Phi) is 8.39. The predicted molar refractivity (Wildman–Crippen MR) is 76.1 cm³/mol. The van der Waals surface area contributed by atoms with Crippen LogP contribution in [0.4, 0.5) is 0 Å². The van der Waals surface area contributed by atoms with Crippen molar-refractivity contribution in [3.8, 4) is 0 Å². The van der Waals surface area contributed by atoms with Gasteiger partial charge in [-0.25, -0.2) is 0 Å². The van der Waals surface area contributed by atoms with E-state index in [-0.39, 0.29) is 30.5 Å². The van der Waals surface area contributed by atoms with Crippen molar-refractivity contribution in [2.45, 2.75) is 72.0 Å². The number of carboxylic acid groups (broad SMARTS) is 1. The number of nitrogens with one attached hydrogen (secondary N) is 1. The van der Waals surface area contributed by atoms with E-state index in [1.807, 2.05) is 39.5 Å². The molecule has 0 aliphatic heterocycles. The molecule has 1 amide bonds. The molecule has 0 saturated heterocycles. The van der Waals surface area contributed by atoms with Crippen molar-refractivity contribution in [2.24, 2.45) is 0 Å². The second-order valence-corrected chi connectivity index (χ2v) is 4.98. The quantitative estimate of drug-likeness (QED) is 0.672. The lowest BCUT2D eigenvalue weighted by molar-refractivity contribution is -0.139. The first-order valence-corrected chi connectivity index (χ1v) is 7.15. The van der Waals surface area contributed by atoms with Gasteiger partial charge in [-0.1, -0.05) is 20.8 Å². The fourth-order valence-corrected chi connectivity index (χ4v) is 2.30. The normalized spacial score (nSPS) is 14.5. The summed E-state index contributed by atoms with van der Waals surface area (Å²) >= 11 is 0. The number of nitrogens with zero attached hydrogens (tertiary/aromatic N) is 1. The minimum Gasteiger partial charge on any atom is -0.481 e. The van der Waals surface area contributed by atoms with Gasteiger partial charge in [-0.05, 0) is 33.2 Å². The first kappa shape index (κ1) is 17.9. The molecule has 0 aliphatic carbocycles. The molecule has 5 nitrogen and oxygen atoms in total. The van der Waals surface area contributed by atoms with E-state index in [2.05, 4.69) is 5.32 Å². The van der Waals surface area contributed by atoms with E-state index < -0.39 is 5.97 Å². The maximum Gasteiger partial charge on any atom is 0.304 e. The third kappa shape index (κ3) is 6.05. The lowest BCUT2D eigenvalue weighted by Crippen LogP contribution is -2.51. The molecular formula is C14H28N2O3. The second-order valence-electron chi connectivity index (χ2n) is 4.98. The van der Waals surface area contributed by atoms with Crippen LogP contribution in [-0.4, -0.2) is 46.6 Å². The van der Waals surface area contributed by atoms with E-state index in [9.17, 15) is 9.59 Å². The average Bonchev–Trinajstić information content (AvgIpc) is 2.35. The molecule has 0 spiro atoms. The molecule has 0 heterocycles. The molecule has 0 aromatic heterocycles. The summed E-state index contributed by atoms with van der Waals surface area (Å²) in [6, 6.07) is -0.256. The van der Waals surface area contributed by atoms with Crippen molar-refractivity contribution in [1.29, 1.82) is 0 Å². The number of likely N-dealkylation sites (N-methyl/N-ethyl adjacent to an activating group) is 1. The molecule has 0 rings (SSSR count). The molecule has 0 fully saturated rings. The number of aliphatic carboxylic acids is 1. The highest BCUT2D eigenvalue weighted by Gasteiger charge is 2.26. The molecular weight excluding hydrogens is 244 g/mol. The van der Waals surface area contributed by atoms with Crippen LogP contribution < -0.4 is 5.32 Å². The number of carbonyl (C=O) groups excluding carboxylic acids is 1. The van der Waals surface area contributed by atoms with Gasteiger partial charge in [0.2, 0.25) is 5.91 Å². The van der Waals surface area contributed by atoms with E-state index in [0.29, 0.717) is 6.54 Å². The van der Waals surface area contributed by atoms with Gasteiger partial charge >= 0.3 is 5.97 Å². The van der Waals surface area contributed by atoms with Crippen LogP contribution in [0.2, 0.25) is 0 Å². The van der Waals surface area contributed by atoms with Crippen LogP contribution in [0.25, 0.3) is 0 Å². The highest BCUT2D eigenvalue weighted by atomic mass is 16.4. The summed E-state index contributed by atoms with van der Waals surface area (Å²) in [4.78, 5) is 24.8. The summed E-state index contributed by atoms with van der Waals surface area (Å²) in [5.74, 6) is -0.855. The van der Waals surface area contributed by atoms with E-state index in [4.69, 9.17) is 5.11 Å². The van der Waals surface area contributed by atoms with E-state index in [0.717, 1.165) is 12.8 Å². The Bertz CT molecular complexity index is 290. The van der Waals surface area contributed by atoms with Gasteiger partial charge in [-0.2, -0.15) is 0 Å². The number of carboxylic acids is 1. The topological polar surface area (TPSA) is 69.6 Å². The number of hydrogen-bond acceptors (Lipinski definition) is 3. The Hall–Kier alpha value is -1.10. The van der Waals surface area contributed by atoms with Crippen LogP contribution in [0, 0.1) is 0 Å². The lowest BCUT2D eigenvalue weighted by Gasteiger charge is -2.32. The van der Waals surface area contributed by atoms with Crippen LogP contribution in [0.5, 0.6) is 0 Å². The second kappa shape index (κ2) is 8.91. The Labute approximate surface area is 116 Å². The molecule has 0 radical (unpaired) electrons. The molecule has 2 atom stereocenters. The van der Waals surface area contributed by atoms with Gasteiger partial charge in [0, 0.05) is 12.1 Å². The average molecular weight is 272 g/mol. The molecule has 0 aromatic carbocycles. The van der Waals surface area contributed by atoms with Crippen LogP contribution in [0.15, 0.2) is 0 Å². The lowest BCUT2D eigenvalue weighted by atomic mass is 10.1. The van der Waals surface area contributed by atoms with Crippen LogP contribution in [0.1, 0.15) is 53.9 Å². The third-order valence-electron chi connectivity index (χ3n) is 3.61. The highest BCUT2D eigenvalue weighted by molar-refractivity contribution is 5.81. The van der Waals surface area contributed by atoms with Crippen molar-refractivity contribution < 1.29 is 14.7 Å². The fourth-order valence-electron chi connectivity index (χ4n) is 2.30. The molecule has 5 heteroatoms. The molecule has 0 bridgehead atoms. The summed E-state index contributed by atoms with van der Waals surface area (Å²) in [6.07, 6.45) is 1.87. The van der Waals surface area contributed by atoms with Gasteiger partial charge in [0.15, 0.2) is 0 Å². The highest BCUT2D eigenvalue weighted by Crippen LogP contribution is 2.10. The minimum absolute atomic E-state index is 0.0206. The fraction of sp³-hybridized carbons (Fsp3) is 0.857. The maximum atomic E-state index is 12.2. The summed E-state index contributed by atoms with van der Waals surface area (Å²) in [5.41, 5.74) is 0. The van der Waals surface area contributed by atoms with Crippen LogP contribution >= 0.6 is 0 Å². The van der Waals surface area contributed by atoms with Gasteiger partial charge in [-0.15, -0.1) is 0 Å². The molecule has 19 heavy (non-hydrogen) atoms. The van der Waals surface area contributed by atoms with Gasteiger partial charge in [0.25, 0.3) is 0 Å². The van der Waals surface area contributed by atoms with Crippen LogP contribution in [-0.2, 0) is 9.59 Å². The van der Waals surface area contributed by atoms with Crippen molar-refractivity contribution >= 4 is 11.9 Å². The molecule has 0 aromatic rings. The third-order valence-corrected chi connectivity index (χ3v) is 3.61. The SMILES string of the molecule is CCC(CC)NC(=O)C(C)N(CC)C(C)CC(=O)O. The summed E-state index contributed by atoms with van der Waals surface area (Å²) in [6.45, 7) is 10.4. The van der Waals surface area contributed by atoms with Crippen molar-refractivity contribution in [3.63, 3.8) is 0 Å². The maximum absolute atomic E-state index is 12.2. The van der Waals surface area contributed by atoms with Crippen LogP contribution in [0.3, 0.4) is 0 Å². The first-order valence-electron chi connectivity index (χ1n) is 7.15. The smallest absolute Gasteiger partial charge is 0.304 e.